The highest BCUT2D eigenvalue weighted by atomic mass is 32.1. The van der Waals surface area contributed by atoms with Gasteiger partial charge in [0, 0.05) is 6.42 Å². The van der Waals surface area contributed by atoms with E-state index in [1.54, 1.807) is 0 Å². The van der Waals surface area contributed by atoms with Gasteiger partial charge in [-0.25, -0.2) is 0 Å². The lowest BCUT2D eigenvalue weighted by Crippen LogP contribution is -1.85. The van der Waals surface area contributed by atoms with Crippen LogP contribution in [0.1, 0.15) is 26.2 Å². The zero-order chi connectivity index (χ0) is 5.70. The van der Waals surface area contributed by atoms with E-state index in [0.717, 1.165) is 12.8 Å². The third kappa shape index (κ3) is 5.89. The third-order valence-corrected chi connectivity index (χ3v) is 0.939. The van der Waals surface area contributed by atoms with Gasteiger partial charge in [0.2, 0.25) is 5.05 Å². The number of hydrogen-bond acceptors (Lipinski definition) is 1. The molecule has 0 unspecified atom stereocenters. The fraction of sp³-hybridized carbons (Fsp3) is 0.800. The van der Waals surface area contributed by atoms with Gasteiger partial charge >= 0.3 is 0 Å². The fourth-order valence-corrected chi connectivity index (χ4v) is 0.465. The molecule has 1 radical (unpaired) electrons. The third-order valence-electron chi connectivity index (χ3n) is 0.734. The summed E-state index contributed by atoms with van der Waals surface area (Å²) in [6.45, 7) is 2.04. The molecule has 0 aliphatic heterocycles. The van der Waals surface area contributed by atoms with Crippen molar-refractivity contribution in [3.8, 4) is 0 Å². The molecule has 41 valence electrons. The number of rotatable bonds is 3. The largest absolute Gasteiger partial charge is 0.282 e. The van der Waals surface area contributed by atoms with Gasteiger partial charge in [0.05, 0.1) is 0 Å². The Hall–Kier alpha value is -0.110. The molecule has 1 nitrogen and oxygen atoms in total. The maximum Gasteiger partial charge on any atom is 0.218 e. The fourth-order valence-electron chi connectivity index (χ4n) is 0.321. The Morgan fingerprint density at radius 2 is 2.29 bits per heavy atom. The average Bonchev–Trinajstić information content (AvgIpc) is 1.61. The highest BCUT2D eigenvalue weighted by Gasteiger charge is 1.89. The quantitative estimate of drug-likeness (QED) is 0.517. The number of hydrogen-bond donors (Lipinski definition) is 0. The summed E-state index contributed by atoms with van der Waals surface area (Å²) in [6, 6.07) is 0. The van der Waals surface area contributed by atoms with E-state index in [2.05, 4.69) is 12.2 Å². The molecule has 0 aromatic carbocycles. The van der Waals surface area contributed by atoms with Crippen molar-refractivity contribution in [2.24, 2.45) is 0 Å². The van der Waals surface area contributed by atoms with Crippen LogP contribution in [0.2, 0.25) is 0 Å². The summed E-state index contributed by atoms with van der Waals surface area (Å²) in [4.78, 5) is 0. The molecule has 0 saturated carbocycles. The molecule has 0 aliphatic carbocycles. The molecule has 0 amide bonds. The van der Waals surface area contributed by atoms with Crippen LogP contribution in [0.15, 0.2) is 0 Å². The molecule has 0 aliphatic rings. The molecular formula is C5H9OS. The van der Waals surface area contributed by atoms with Crippen molar-refractivity contribution in [2.45, 2.75) is 26.2 Å². The first kappa shape index (κ1) is 6.89. The Bertz CT molecular complexity index is 61.1. The minimum Gasteiger partial charge on any atom is -0.282 e. The van der Waals surface area contributed by atoms with Crippen molar-refractivity contribution in [3.63, 3.8) is 0 Å². The second-order valence-electron chi connectivity index (χ2n) is 1.48. The van der Waals surface area contributed by atoms with Crippen molar-refractivity contribution in [3.05, 3.63) is 0 Å². The Morgan fingerprint density at radius 1 is 1.71 bits per heavy atom. The van der Waals surface area contributed by atoms with E-state index >= 15 is 0 Å². The van der Waals surface area contributed by atoms with Gasteiger partial charge in [0.15, 0.2) is 0 Å². The van der Waals surface area contributed by atoms with Gasteiger partial charge in [-0.3, -0.25) is 5.11 Å². The maximum atomic E-state index is 10.0. The number of unbranched alkanes of at least 4 members (excludes halogenated alkanes) is 1. The van der Waals surface area contributed by atoms with Crippen molar-refractivity contribution in [1.29, 1.82) is 0 Å². The maximum absolute atomic E-state index is 10.0. The van der Waals surface area contributed by atoms with Crippen LogP contribution < -0.4 is 0 Å². The van der Waals surface area contributed by atoms with Crippen molar-refractivity contribution >= 4 is 17.3 Å². The Kier molecular flexibility index (Phi) is 4.00. The van der Waals surface area contributed by atoms with Crippen LogP contribution >= 0.6 is 12.2 Å². The molecule has 0 bridgehead atoms. The van der Waals surface area contributed by atoms with Gasteiger partial charge in [0.1, 0.15) is 0 Å². The van der Waals surface area contributed by atoms with Crippen LogP contribution in [0.4, 0.5) is 0 Å². The first-order valence-corrected chi connectivity index (χ1v) is 2.88. The second kappa shape index (κ2) is 4.06. The van der Waals surface area contributed by atoms with E-state index in [4.69, 9.17) is 0 Å². The SMILES string of the molecule is CCCCC([O])=S. The van der Waals surface area contributed by atoms with Crippen LogP contribution in [0.25, 0.3) is 0 Å². The molecule has 0 rings (SSSR count). The summed E-state index contributed by atoms with van der Waals surface area (Å²) in [5, 5.41) is 9.91. The van der Waals surface area contributed by atoms with Crippen molar-refractivity contribution in [1.82, 2.24) is 0 Å². The predicted octanol–water partition coefficient (Wildman–Crippen LogP) is 1.93. The standard InChI is InChI=1S/C5H9OS/c1-2-3-4-5(6)7/h2-4H2,1H3. The lowest BCUT2D eigenvalue weighted by molar-refractivity contribution is 0.423. The first-order chi connectivity index (χ1) is 3.27. The molecule has 2 heteroatoms. The van der Waals surface area contributed by atoms with Crippen LogP contribution in [0.5, 0.6) is 0 Å². The summed E-state index contributed by atoms with van der Waals surface area (Å²) >= 11 is 4.31. The summed E-state index contributed by atoms with van der Waals surface area (Å²) < 4.78 is 0. The van der Waals surface area contributed by atoms with Gasteiger partial charge < -0.3 is 0 Å². The summed E-state index contributed by atoms with van der Waals surface area (Å²) in [5.74, 6) is 0. The summed E-state index contributed by atoms with van der Waals surface area (Å²) in [5.41, 5.74) is 0. The molecule has 0 atom stereocenters. The highest BCUT2D eigenvalue weighted by molar-refractivity contribution is 7.80. The van der Waals surface area contributed by atoms with Gasteiger partial charge in [-0.2, -0.15) is 0 Å². The van der Waals surface area contributed by atoms with Gasteiger partial charge in [-0.05, 0) is 18.6 Å². The molecule has 0 aromatic heterocycles. The zero-order valence-corrected chi connectivity index (χ0v) is 5.25. The first-order valence-electron chi connectivity index (χ1n) is 2.47. The monoisotopic (exact) mass is 117 g/mol. The zero-order valence-electron chi connectivity index (χ0n) is 4.44. The summed E-state index contributed by atoms with van der Waals surface area (Å²) in [7, 11) is 0. The van der Waals surface area contributed by atoms with Gasteiger partial charge in [0.25, 0.3) is 0 Å². The van der Waals surface area contributed by atoms with Crippen LogP contribution in [-0.2, 0) is 5.11 Å². The minimum atomic E-state index is -0.109. The lowest BCUT2D eigenvalue weighted by Gasteiger charge is -1.85. The van der Waals surface area contributed by atoms with E-state index in [-0.39, 0.29) is 5.05 Å². The van der Waals surface area contributed by atoms with E-state index in [0.29, 0.717) is 6.42 Å². The molecule has 0 fully saturated rings. The highest BCUT2D eigenvalue weighted by Crippen LogP contribution is 1.93. The van der Waals surface area contributed by atoms with Crippen LogP contribution in [0.3, 0.4) is 0 Å². The van der Waals surface area contributed by atoms with E-state index < -0.39 is 0 Å². The van der Waals surface area contributed by atoms with Crippen molar-refractivity contribution < 1.29 is 5.11 Å². The summed E-state index contributed by atoms with van der Waals surface area (Å²) in [6.07, 6.45) is 2.58. The van der Waals surface area contributed by atoms with Crippen LogP contribution in [-0.4, -0.2) is 5.05 Å². The molecule has 0 saturated heterocycles. The van der Waals surface area contributed by atoms with E-state index in [1.807, 2.05) is 6.92 Å². The van der Waals surface area contributed by atoms with Gasteiger partial charge in [-0.15, -0.1) is 0 Å². The molecular weight excluding hydrogens is 108 g/mol. The van der Waals surface area contributed by atoms with Crippen molar-refractivity contribution in [2.75, 3.05) is 0 Å². The Balaban J connectivity index is 2.82. The topological polar surface area (TPSA) is 19.9 Å². The average molecular weight is 117 g/mol. The second-order valence-corrected chi connectivity index (χ2v) is 1.93. The molecule has 0 spiro atoms. The Morgan fingerprint density at radius 3 is 2.43 bits per heavy atom. The van der Waals surface area contributed by atoms with E-state index in [9.17, 15) is 5.11 Å². The lowest BCUT2D eigenvalue weighted by atomic mass is 10.3. The molecule has 0 aromatic rings. The van der Waals surface area contributed by atoms with Gasteiger partial charge in [-0.1, -0.05) is 13.3 Å². The molecule has 7 heavy (non-hydrogen) atoms. The van der Waals surface area contributed by atoms with Crippen LogP contribution in [0, 0.1) is 0 Å². The Labute approximate surface area is 49.4 Å². The molecule has 0 N–H and O–H groups in total. The normalized spacial score (nSPS) is 8.71. The van der Waals surface area contributed by atoms with E-state index in [1.165, 1.54) is 0 Å². The minimum absolute atomic E-state index is 0.109. The number of thiocarbonyl (C=S) groups is 1. The predicted molar refractivity (Wildman–Crippen MR) is 32.8 cm³/mol. The smallest absolute Gasteiger partial charge is 0.218 e. The molecule has 0 heterocycles.